The molecular weight excluding hydrogens is 396 g/mol. The summed E-state index contributed by atoms with van der Waals surface area (Å²) in [6.45, 7) is 0.357. The Bertz CT molecular complexity index is 1010. The summed E-state index contributed by atoms with van der Waals surface area (Å²) in [7, 11) is 0. The lowest BCUT2D eigenvalue weighted by Gasteiger charge is -2.16. The molecule has 0 heterocycles. The molecule has 0 bridgehead atoms. The summed E-state index contributed by atoms with van der Waals surface area (Å²) in [5.41, 5.74) is 7.89. The third-order valence-corrected chi connectivity index (χ3v) is 4.55. The van der Waals surface area contributed by atoms with E-state index in [1.165, 1.54) is 6.07 Å². The van der Waals surface area contributed by atoms with Crippen LogP contribution in [0.5, 0.6) is 11.5 Å². The zero-order valence-electron chi connectivity index (χ0n) is 16.9. The zero-order valence-corrected chi connectivity index (χ0v) is 16.9. The highest BCUT2D eigenvalue weighted by Crippen LogP contribution is 2.28. The van der Waals surface area contributed by atoms with Gasteiger partial charge in [-0.1, -0.05) is 66.7 Å². The number of primary amides is 1. The molecule has 0 unspecified atom stereocenters. The molecule has 0 aliphatic heterocycles. The standard InChI is InChI=1S/C24H24N2O5/c25-23(28)20(26-24(29)31-16-18-9-5-2-6-10-18)13-19-11-12-21(27)22(14-19)30-15-17-7-3-1-4-8-17/h1-12,14,20,27H,13,15-16H2,(H2,25,28)(H,26,29)/t20-/m0/s1. The van der Waals surface area contributed by atoms with Gasteiger partial charge >= 0.3 is 6.09 Å². The fourth-order valence-corrected chi connectivity index (χ4v) is 2.90. The van der Waals surface area contributed by atoms with Gasteiger partial charge in [0, 0.05) is 6.42 Å². The highest BCUT2D eigenvalue weighted by Gasteiger charge is 2.20. The van der Waals surface area contributed by atoms with E-state index in [4.69, 9.17) is 15.2 Å². The molecule has 160 valence electrons. The average molecular weight is 420 g/mol. The van der Waals surface area contributed by atoms with Gasteiger partial charge in [-0.2, -0.15) is 0 Å². The van der Waals surface area contributed by atoms with Crippen LogP contribution in [0.4, 0.5) is 4.79 Å². The average Bonchev–Trinajstić information content (AvgIpc) is 2.79. The van der Waals surface area contributed by atoms with E-state index >= 15 is 0 Å². The maximum absolute atomic E-state index is 12.1. The molecule has 0 aliphatic rings. The fourth-order valence-electron chi connectivity index (χ4n) is 2.90. The van der Waals surface area contributed by atoms with Gasteiger partial charge < -0.3 is 25.6 Å². The first-order chi connectivity index (χ1) is 15.0. The summed E-state index contributed by atoms with van der Waals surface area (Å²) < 4.78 is 10.9. The summed E-state index contributed by atoms with van der Waals surface area (Å²) in [5.74, 6) is -0.446. The molecule has 4 N–H and O–H groups in total. The number of carbonyl (C=O) groups excluding carboxylic acids is 2. The maximum Gasteiger partial charge on any atom is 0.408 e. The second-order valence-electron chi connectivity index (χ2n) is 6.94. The molecule has 0 aliphatic carbocycles. The normalized spacial score (nSPS) is 11.4. The minimum atomic E-state index is -0.977. The Hall–Kier alpha value is -4.00. The van der Waals surface area contributed by atoms with Gasteiger partial charge in [-0.3, -0.25) is 4.79 Å². The van der Waals surface area contributed by atoms with Crippen LogP contribution in [0.3, 0.4) is 0 Å². The van der Waals surface area contributed by atoms with Crippen LogP contribution in [0, 0.1) is 0 Å². The molecular formula is C24H24N2O5. The van der Waals surface area contributed by atoms with E-state index in [2.05, 4.69) is 5.32 Å². The number of nitrogens with two attached hydrogens (primary N) is 1. The van der Waals surface area contributed by atoms with Crippen LogP contribution >= 0.6 is 0 Å². The van der Waals surface area contributed by atoms with E-state index in [9.17, 15) is 14.7 Å². The van der Waals surface area contributed by atoms with Gasteiger partial charge in [-0.15, -0.1) is 0 Å². The largest absolute Gasteiger partial charge is 0.504 e. The lowest BCUT2D eigenvalue weighted by atomic mass is 10.0. The van der Waals surface area contributed by atoms with Crippen molar-refractivity contribution in [3.8, 4) is 11.5 Å². The molecule has 3 aromatic carbocycles. The number of phenols is 1. The Kier molecular flexibility index (Phi) is 7.48. The summed E-state index contributed by atoms with van der Waals surface area (Å²) in [5, 5.41) is 12.6. The number of alkyl carbamates (subject to hydrolysis) is 1. The summed E-state index contributed by atoms with van der Waals surface area (Å²) in [4.78, 5) is 23.9. The Morgan fingerprint density at radius 3 is 2.10 bits per heavy atom. The number of benzene rings is 3. The molecule has 2 amide bonds. The second kappa shape index (κ2) is 10.7. The van der Waals surface area contributed by atoms with Crippen LogP contribution in [-0.2, 0) is 29.2 Å². The number of aromatic hydroxyl groups is 1. The van der Waals surface area contributed by atoms with Crippen molar-refractivity contribution < 1.29 is 24.2 Å². The van der Waals surface area contributed by atoms with Crippen LogP contribution < -0.4 is 15.8 Å². The van der Waals surface area contributed by atoms with E-state index in [0.717, 1.165) is 11.1 Å². The van der Waals surface area contributed by atoms with E-state index in [1.807, 2.05) is 60.7 Å². The van der Waals surface area contributed by atoms with Crippen LogP contribution in [-0.4, -0.2) is 23.1 Å². The number of hydrogen-bond acceptors (Lipinski definition) is 5. The molecule has 0 aromatic heterocycles. The van der Waals surface area contributed by atoms with Crippen molar-refractivity contribution in [3.63, 3.8) is 0 Å². The van der Waals surface area contributed by atoms with E-state index in [-0.39, 0.29) is 31.1 Å². The predicted octanol–water partition coefficient (Wildman–Crippen LogP) is 3.29. The maximum atomic E-state index is 12.1. The van der Waals surface area contributed by atoms with E-state index < -0.39 is 18.0 Å². The lowest BCUT2D eigenvalue weighted by Crippen LogP contribution is -2.46. The minimum Gasteiger partial charge on any atom is -0.504 e. The summed E-state index contributed by atoms with van der Waals surface area (Å²) >= 11 is 0. The fraction of sp³-hybridized carbons (Fsp3) is 0.167. The molecule has 0 radical (unpaired) electrons. The first-order valence-corrected chi connectivity index (χ1v) is 9.76. The number of nitrogens with one attached hydrogen (secondary N) is 1. The quantitative estimate of drug-likeness (QED) is 0.492. The number of phenolic OH excluding ortho intramolecular Hbond substituents is 1. The van der Waals surface area contributed by atoms with Gasteiger partial charge in [0.15, 0.2) is 11.5 Å². The van der Waals surface area contributed by atoms with E-state index in [0.29, 0.717) is 5.56 Å². The molecule has 7 heteroatoms. The molecule has 7 nitrogen and oxygen atoms in total. The van der Waals surface area contributed by atoms with Crippen LogP contribution in [0.2, 0.25) is 0 Å². The van der Waals surface area contributed by atoms with Gasteiger partial charge in [-0.05, 0) is 28.8 Å². The van der Waals surface area contributed by atoms with E-state index in [1.54, 1.807) is 12.1 Å². The number of hydrogen-bond donors (Lipinski definition) is 3. The Labute approximate surface area is 180 Å². The number of rotatable bonds is 9. The van der Waals surface area contributed by atoms with Crippen molar-refractivity contribution in [2.75, 3.05) is 0 Å². The van der Waals surface area contributed by atoms with Crippen molar-refractivity contribution in [1.82, 2.24) is 5.32 Å². The molecule has 0 spiro atoms. The lowest BCUT2D eigenvalue weighted by molar-refractivity contribution is -0.119. The van der Waals surface area contributed by atoms with Crippen molar-refractivity contribution >= 4 is 12.0 Å². The Morgan fingerprint density at radius 1 is 0.871 bits per heavy atom. The molecule has 31 heavy (non-hydrogen) atoms. The van der Waals surface area contributed by atoms with Gasteiger partial charge in [0.2, 0.25) is 5.91 Å². The molecule has 0 saturated carbocycles. The van der Waals surface area contributed by atoms with Crippen molar-refractivity contribution in [1.29, 1.82) is 0 Å². The first kappa shape index (κ1) is 21.7. The van der Waals surface area contributed by atoms with Crippen LogP contribution in [0.15, 0.2) is 78.9 Å². The van der Waals surface area contributed by atoms with Crippen molar-refractivity contribution in [2.24, 2.45) is 5.73 Å². The van der Waals surface area contributed by atoms with Gasteiger partial charge in [0.05, 0.1) is 0 Å². The Morgan fingerprint density at radius 2 is 1.48 bits per heavy atom. The Balaban J connectivity index is 1.59. The highest BCUT2D eigenvalue weighted by atomic mass is 16.5. The van der Waals surface area contributed by atoms with Crippen molar-refractivity contribution in [3.05, 3.63) is 95.6 Å². The number of carbonyl (C=O) groups is 2. The highest BCUT2D eigenvalue weighted by molar-refractivity contribution is 5.84. The molecule has 1 atom stereocenters. The topological polar surface area (TPSA) is 111 Å². The molecule has 0 fully saturated rings. The summed E-state index contributed by atoms with van der Waals surface area (Å²) in [6, 6.07) is 22.5. The summed E-state index contributed by atoms with van der Waals surface area (Å²) in [6.07, 6.45) is -0.621. The number of amides is 2. The second-order valence-corrected chi connectivity index (χ2v) is 6.94. The first-order valence-electron chi connectivity index (χ1n) is 9.76. The third-order valence-electron chi connectivity index (χ3n) is 4.55. The van der Waals surface area contributed by atoms with Crippen LogP contribution in [0.25, 0.3) is 0 Å². The predicted molar refractivity (Wildman–Crippen MR) is 115 cm³/mol. The molecule has 3 aromatic rings. The zero-order chi connectivity index (χ0) is 22.1. The molecule has 3 rings (SSSR count). The number of ether oxygens (including phenoxy) is 2. The van der Waals surface area contributed by atoms with Crippen molar-refractivity contribution in [2.45, 2.75) is 25.7 Å². The minimum absolute atomic E-state index is 0.0227. The third kappa shape index (κ3) is 6.78. The van der Waals surface area contributed by atoms with Gasteiger partial charge in [0.1, 0.15) is 19.3 Å². The van der Waals surface area contributed by atoms with Gasteiger partial charge in [-0.25, -0.2) is 4.79 Å². The van der Waals surface area contributed by atoms with Crippen LogP contribution in [0.1, 0.15) is 16.7 Å². The monoisotopic (exact) mass is 420 g/mol. The van der Waals surface area contributed by atoms with Gasteiger partial charge in [0.25, 0.3) is 0 Å². The molecule has 0 saturated heterocycles. The smallest absolute Gasteiger partial charge is 0.408 e. The SMILES string of the molecule is NC(=O)[C@H](Cc1ccc(O)c(OCc2ccccc2)c1)NC(=O)OCc1ccccc1.